The molecule has 0 bridgehead atoms. The van der Waals surface area contributed by atoms with Crippen LogP contribution >= 0.6 is 0 Å². The van der Waals surface area contributed by atoms with Crippen molar-refractivity contribution in [3.05, 3.63) is 0 Å². The fourth-order valence-corrected chi connectivity index (χ4v) is 6.64. The second-order valence-electron chi connectivity index (χ2n) is 12.8. The summed E-state index contributed by atoms with van der Waals surface area (Å²) in [6, 6.07) is -0.588. The highest BCUT2D eigenvalue weighted by Crippen LogP contribution is 2.39. The van der Waals surface area contributed by atoms with Crippen LogP contribution in [0, 0.1) is 23.7 Å². The first-order valence-corrected chi connectivity index (χ1v) is 14.7. The van der Waals surface area contributed by atoms with Gasteiger partial charge in [-0.1, -0.05) is 78.1 Å². The van der Waals surface area contributed by atoms with E-state index in [1.165, 1.54) is 6.42 Å². The zero-order valence-corrected chi connectivity index (χ0v) is 22.7. The smallest absolute Gasteiger partial charge is 0.226 e. The summed E-state index contributed by atoms with van der Waals surface area (Å²) >= 11 is 0. The number of aliphatic hydroxyl groups excluding tert-OH is 2. The molecule has 0 unspecified atom stereocenters. The lowest BCUT2D eigenvalue weighted by Crippen LogP contribution is -2.58. The molecule has 0 aromatic rings. The van der Waals surface area contributed by atoms with E-state index in [9.17, 15) is 24.9 Å². The minimum Gasteiger partial charge on any atom is -0.390 e. The van der Waals surface area contributed by atoms with Gasteiger partial charge in [-0.2, -0.15) is 0 Å². The summed E-state index contributed by atoms with van der Waals surface area (Å²) in [6.45, 7) is 4.17. The molecule has 3 aliphatic rings. The van der Waals surface area contributed by atoms with Gasteiger partial charge < -0.3 is 26.0 Å². The molecule has 0 aromatic heterocycles. The van der Waals surface area contributed by atoms with Gasteiger partial charge in [0.1, 0.15) is 6.10 Å². The molecule has 0 saturated heterocycles. The maximum absolute atomic E-state index is 14.2. The van der Waals surface area contributed by atoms with Crippen LogP contribution in [0.4, 0.5) is 0 Å². The van der Waals surface area contributed by atoms with E-state index in [0.29, 0.717) is 43.9 Å². The summed E-state index contributed by atoms with van der Waals surface area (Å²) in [5.74, 6) is -0.199. The van der Waals surface area contributed by atoms with Crippen molar-refractivity contribution >= 4 is 11.8 Å². The Balaban J connectivity index is 1.93. The van der Waals surface area contributed by atoms with Crippen LogP contribution in [-0.4, -0.2) is 62.4 Å². The minimum atomic E-state index is -1.10. The van der Waals surface area contributed by atoms with Crippen molar-refractivity contribution in [2.45, 2.75) is 140 Å². The van der Waals surface area contributed by atoms with E-state index in [0.717, 1.165) is 57.8 Å². The molecule has 36 heavy (non-hydrogen) atoms. The largest absolute Gasteiger partial charge is 0.390 e. The predicted molar refractivity (Wildman–Crippen MR) is 141 cm³/mol. The summed E-state index contributed by atoms with van der Waals surface area (Å²) in [6.07, 6.45) is 11.5. The maximum Gasteiger partial charge on any atom is 0.226 e. The molecule has 3 rings (SSSR count). The van der Waals surface area contributed by atoms with Crippen LogP contribution < -0.4 is 5.73 Å². The molecule has 0 radical (unpaired) electrons. The van der Waals surface area contributed by atoms with Crippen LogP contribution in [0.3, 0.4) is 0 Å². The van der Waals surface area contributed by atoms with E-state index in [-0.39, 0.29) is 24.8 Å². The molecule has 3 fully saturated rings. The normalized spacial score (nSPS) is 24.2. The molecule has 4 atom stereocenters. The topological polar surface area (TPSA) is 124 Å². The highest BCUT2D eigenvalue weighted by molar-refractivity contribution is 5.85. The predicted octanol–water partition coefficient (Wildman–Crippen LogP) is 3.91. The van der Waals surface area contributed by atoms with Gasteiger partial charge in [-0.15, -0.1) is 0 Å². The molecule has 3 aliphatic carbocycles. The molecule has 2 amide bonds. The van der Waals surface area contributed by atoms with Crippen molar-refractivity contribution in [2.24, 2.45) is 29.4 Å². The quantitative estimate of drug-likeness (QED) is 0.283. The van der Waals surface area contributed by atoms with E-state index in [4.69, 9.17) is 5.73 Å². The Bertz CT molecular complexity index is 698. The van der Waals surface area contributed by atoms with Gasteiger partial charge in [0.2, 0.25) is 11.8 Å². The number of carbonyl (C=O) groups is 2. The number of hydrogen-bond donors (Lipinski definition) is 4. The fourth-order valence-electron chi connectivity index (χ4n) is 6.64. The van der Waals surface area contributed by atoms with E-state index >= 15 is 0 Å². The highest BCUT2D eigenvalue weighted by Gasteiger charge is 2.43. The molecule has 7 nitrogen and oxygen atoms in total. The standard InChI is InChI=1S/C29H52N2O5/c1-20(2)15-25(32)27(34)24(17-21-9-5-3-6-10-21)31(19-29(36)13-7-4-8-14-29)28(35)23(18-26(30)33)16-22-11-12-22/h20-25,27,32,34,36H,3-19H2,1-2H3,(H2,30,33)/t23-,24+,25+,27-/m1/s1. The summed E-state index contributed by atoms with van der Waals surface area (Å²) in [4.78, 5) is 27.9. The second kappa shape index (κ2) is 13.6. The highest BCUT2D eigenvalue weighted by atomic mass is 16.3. The molecule has 3 saturated carbocycles. The monoisotopic (exact) mass is 508 g/mol. The van der Waals surface area contributed by atoms with Gasteiger partial charge in [0.05, 0.1) is 17.7 Å². The van der Waals surface area contributed by atoms with E-state index in [1.807, 2.05) is 13.8 Å². The lowest BCUT2D eigenvalue weighted by molar-refractivity contribution is -0.153. The van der Waals surface area contributed by atoms with Gasteiger partial charge in [-0.3, -0.25) is 9.59 Å². The first-order valence-electron chi connectivity index (χ1n) is 14.7. The van der Waals surface area contributed by atoms with Crippen LogP contribution in [0.15, 0.2) is 0 Å². The van der Waals surface area contributed by atoms with Crippen molar-refractivity contribution in [3.63, 3.8) is 0 Å². The van der Waals surface area contributed by atoms with Crippen molar-refractivity contribution < 1.29 is 24.9 Å². The molecule has 7 heteroatoms. The molecule has 0 aromatic carbocycles. The minimum absolute atomic E-state index is 0.00888. The summed E-state index contributed by atoms with van der Waals surface area (Å²) < 4.78 is 0. The number of hydrogen-bond acceptors (Lipinski definition) is 5. The Labute approximate surface area is 218 Å². The van der Waals surface area contributed by atoms with Gasteiger partial charge in [0.15, 0.2) is 0 Å². The average molecular weight is 509 g/mol. The van der Waals surface area contributed by atoms with E-state index < -0.39 is 35.7 Å². The van der Waals surface area contributed by atoms with E-state index in [1.54, 1.807) is 4.90 Å². The van der Waals surface area contributed by atoms with Crippen molar-refractivity contribution in [1.29, 1.82) is 0 Å². The molecule has 0 aliphatic heterocycles. The summed E-state index contributed by atoms with van der Waals surface area (Å²) in [5, 5.41) is 34.1. The van der Waals surface area contributed by atoms with Gasteiger partial charge >= 0.3 is 0 Å². The maximum atomic E-state index is 14.2. The zero-order valence-electron chi connectivity index (χ0n) is 22.7. The Hall–Kier alpha value is -1.18. The Kier molecular flexibility index (Phi) is 11.1. The summed E-state index contributed by atoms with van der Waals surface area (Å²) in [7, 11) is 0. The SMILES string of the molecule is CC(C)C[C@H](O)[C@H](O)[C@H](CC1CCCCC1)N(CC1(O)CCCCC1)C(=O)[C@@H](CC(N)=O)CC1CC1. The van der Waals surface area contributed by atoms with Gasteiger partial charge in [0.25, 0.3) is 0 Å². The van der Waals surface area contributed by atoms with Crippen LogP contribution in [0.5, 0.6) is 0 Å². The van der Waals surface area contributed by atoms with Crippen molar-refractivity contribution in [3.8, 4) is 0 Å². The van der Waals surface area contributed by atoms with E-state index in [2.05, 4.69) is 0 Å². The number of nitrogens with two attached hydrogens (primary N) is 1. The van der Waals surface area contributed by atoms with Crippen LogP contribution in [0.2, 0.25) is 0 Å². The molecular weight excluding hydrogens is 456 g/mol. The van der Waals surface area contributed by atoms with Crippen LogP contribution in [0.1, 0.15) is 117 Å². The third kappa shape index (κ3) is 8.98. The lowest BCUT2D eigenvalue weighted by Gasteiger charge is -2.45. The number of amides is 2. The van der Waals surface area contributed by atoms with Gasteiger partial charge in [-0.25, -0.2) is 0 Å². The number of nitrogens with zero attached hydrogens (tertiary/aromatic N) is 1. The third-order valence-electron chi connectivity index (χ3n) is 8.84. The zero-order chi connectivity index (χ0) is 26.3. The molecule has 208 valence electrons. The average Bonchev–Trinajstić information content (AvgIpc) is 3.64. The fraction of sp³-hybridized carbons (Fsp3) is 0.931. The van der Waals surface area contributed by atoms with Crippen molar-refractivity contribution in [2.75, 3.05) is 6.54 Å². The number of carbonyl (C=O) groups excluding carboxylic acids is 2. The molecular formula is C29H52N2O5. The van der Waals surface area contributed by atoms with Gasteiger partial charge in [-0.05, 0) is 49.9 Å². The summed E-state index contributed by atoms with van der Waals surface area (Å²) in [5.41, 5.74) is 4.58. The first-order chi connectivity index (χ1) is 17.1. The van der Waals surface area contributed by atoms with Crippen LogP contribution in [-0.2, 0) is 9.59 Å². The van der Waals surface area contributed by atoms with Crippen molar-refractivity contribution in [1.82, 2.24) is 4.90 Å². The number of rotatable bonds is 14. The van der Waals surface area contributed by atoms with Gasteiger partial charge in [0, 0.05) is 18.9 Å². The first kappa shape index (κ1) is 29.4. The van der Waals surface area contributed by atoms with Crippen LogP contribution in [0.25, 0.3) is 0 Å². The number of aliphatic hydroxyl groups is 3. The third-order valence-corrected chi connectivity index (χ3v) is 8.84. The number of primary amides is 1. The lowest BCUT2D eigenvalue weighted by atomic mass is 9.79. The Morgan fingerprint density at radius 1 is 0.917 bits per heavy atom. The molecule has 0 heterocycles. The molecule has 0 spiro atoms. The second-order valence-corrected chi connectivity index (χ2v) is 12.8. The molecule has 5 N–H and O–H groups in total. The Morgan fingerprint density at radius 2 is 1.50 bits per heavy atom. The Morgan fingerprint density at radius 3 is 2.06 bits per heavy atom.